The monoisotopic (exact) mass is 335 g/mol. The van der Waals surface area contributed by atoms with Crippen LogP contribution in [0.3, 0.4) is 0 Å². The van der Waals surface area contributed by atoms with E-state index in [4.69, 9.17) is 10.8 Å². The Morgan fingerprint density at radius 1 is 1.30 bits per heavy atom. The molecule has 0 unspecified atom stereocenters. The van der Waals surface area contributed by atoms with Gasteiger partial charge in [-0.15, -0.1) is 0 Å². The zero-order chi connectivity index (χ0) is 14.9. The maximum absolute atomic E-state index is 11.0. The first-order chi connectivity index (χ1) is 9.38. The number of nitrogens with zero attached hydrogens (tertiary/aromatic N) is 1. The summed E-state index contributed by atoms with van der Waals surface area (Å²) in [6.07, 6.45) is 0. The summed E-state index contributed by atoms with van der Waals surface area (Å²) in [5.41, 5.74) is 9.09. The fourth-order valence-corrected chi connectivity index (χ4v) is 2.60. The van der Waals surface area contributed by atoms with Crippen LogP contribution in [0.4, 0.5) is 17.2 Å². The highest BCUT2D eigenvalue weighted by Gasteiger charge is 2.11. The van der Waals surface area contributed by atoms with Crippen LogP contribution in [0.15, 0.2) is 28.7 Å². The van der Waals surface area contributed by atoms with Crippen molar-refractivity contribution < 1.29 is 9.90 Å². The van der Waals surface area contributed by atoms with Crippen LogP contribution < -0.4 is 11.1 Å². The van der Waals surface area contributed by atoms with E-state index in [1.165, 1.54) is 12.1 Å². The topological polar surface area (TPSA) is 88.2 Å². The first-order valence-electron chi connectivity index (χ1n) is 5.92. The van der Waals surface area contributed by atoms with Crippen LogP contribution in [0.1, 0.15) is 21.6 Å². The number of aromatic carboxylic acids is 1. The normalized spacial score (nSPS) is 10.3. The van der Waals surface area contributed by atoms with E-state index in [9.17, 15) is 4.79 Å². The molecule has 1 aromatic carbocycles. The smallest absolute Gasteiger partial charge is 0.354 e. The SMILES string of the molecule is Cc1cc(Br)cc(C)c1Nc1nc(C(=O)O)ccc1N. The predicted molar refractivity (Wildman–Crippen MR) is 82.5 cm³/mol. The quantitative estimate of drug-likeness (QED) is 0.799. The minimum atomic E-state index is -1.09. The van der Waals surface area contributed by atoms with Crippen molar-refractivity contribution in [3.63, 3.8) is 0 Å². The van der Waals surface area contributed by atoms with Gasteiger partial charge in [-0.3, -0.25) is 0 Å². The number of carbonyl (C=O) groups is 1. The number of hydrogen-bond acceptors (Lipinski definition) is 4. The van der Waals surface area contributed by atoms with Gasteiger partial charge in [0.25, 0.3) is 0 Å². The Hall–Kier alpha value is -2.08. The largest absolute Gasteiger partial charge is 0.477 e. The number of benzene rings is 1. The van der Waals surface area contributed by atoms with Gasteiger partial charge in [0.05, 0.1) is 5.69 Å². The van der Waals surface area contributed by atoms with Gasteiger partial charge in [-0.2, -0.15) is 0 Å². The van der Waals surface area contributed by atoms with Gasteiger partial charge >= 0.3 is 5.97 Å². The number of carboxylic acids is 1. The van der Waals surface area contributed by atoms with E-state index < -0.39 is 5.97 Å². The fraction of sp³-hybridized carbons (Fsp3) is 0.143. The van der Waals surface area contributed by atoms with Crippen molar-refractivity contribution in [3.8, 4) is 0 Å². The average Bonchev–Trinajstić information content (AvgIpc) is 2.35. The summed E-state index contributed by atoms with van der Waals surface area (Å²) in [5.74, 6) is -0.740. The number of aromatic nitrogens is 1. The van der Waals surface area contributed by atoms with Crippen LogP contribution in [-0.2, 0) is 0 Å². The maximum Gasteiger partial charge on any atom is 0.354 e. The van der Waals surface area contributed by atoms with Crippen LogP contribution in [0, 0.1) is 13.8 Å². The Morgan fingerprint density at radius 2 is 1.90 bits per heavy atom. The number of carboxylic acid groups (broad SMARTS) is 1. The fourth-order valence-electron chi connectivity index (χ4n) is 1.92. The summed E-state index contributed by atoms with van der Waals surface area (Å²) in [6.45, 7) is 3.91. The number of pyridine rings is 1. The first kappa shape index (κ1) is 14.3. The number of nitrogens with one attached hydrogen (secondary N) is 1. The highest BCUT2D eigenvalue weighted by molar-refractivity contribution is 9.10. The van der Waals surface area contributed by atoms with E-state index in [0.717, 1.165) is 21.3 Å². The molecule has 0 saturated carbocycles. The van der Waals surface area contributed by atoms with Crippen LogP contribution in [0.5, 0.6) is 0 Å². The molecule has 0 fully saturated rings. The van der Waals surface area contributed by atoms with Gasteiger partial charge in [0.2, 0.25) is 0 Å². The van der Waals surface area contributed by atoms with Gasteiger partial charge in [0.1, 0.15) is 0 Å². The van der Waals surface area contributed by atoms with Crippen molar-refractivity contribution in [2.24, 2.45) is 0 Å². The molecule has 0 aliphatic carbocycles. The Morgan fingerprint density at radius 3 is 2.45 bits per heavy atom. The molecule has 0 spiro atoms. The molecule has 1 heterocycles. The molecule has 0 radical (unpaired) electrons. The molecule has 0 aliphatic rings. The summed E-state index contributed by atoms with van der Waals surface area (Å²) in [7, 11) is 0. The molecule has 1 aromatic heterocycles. The van der Waals surface area contributed by atoms with E-state index in [2.05, 4.69) is 26.2 Å². The van der Waals surface area contributed by atoms with E-state index in [0.29, 0.717) is 11.5 Å². The molecule has 2 rings (SSSR count). The lowest BCUT2D eigenvalue weighted by Gasteiger charge is -2.14. The van der Waals surface area contributed by atoms with Gasteiger partial charge in [-0.1, -0.05) is 15.9 Å². The van der Waals surface area contributed by atoms with Gasteiger partial charge in [0, 0.05) is 10.2 Å². The number of nitrogens with two attached hydrogens (primary N) is 1. The molecular formula is C14H14BrN3O2. The highest BCUT2D eigenvalue weighted by atomic mass is 79.9. The molecule has 0 atom stereocenters. The molecule has 6 heteroatoms. The predicted octanol–water partition coefficient (Wildman–Crippen LogP) is 3.48. The lowest BCUT2D eigenvalue weighted by molar-refractivity contribution is 0.0690. The van der Waals surface area contributed by atoms with Crippen LogP contribution >= 0.6 is 15.9 Å². The molecule has 0 aliphatic heterocycles. The third-order valence-corrected chi connectivity index (χ3v) is 3.34. The molecule has 5 nitrogen and oxygen atoms in total. The second-order valence-corrected chi connectivity index (χ2v) is 5.39. The molecule has 0 amide bonds. The van der Waals surface area contributed by atoms with Crippen LogP contribution in [0.25, 0.3) is 0 Å². The van der Waals surface area contributed by atoms with E-state index in [1.54, 1.807) is 0 Å². The second-order valence-electron chi connectivity index (χ2n) is 4.48. The summed E-state index contributed by atoms with van der Waals surface area (Å²) in [5, 5.41) is 12.1. The lowest BCUT2D eigenvalue weighted by atomic mass is 10.1. The van der Waals surface area contributed by atoms with Crippen molar-refractivity contribution >= 4 is 39.1 Å². The highest BCUT2D eigenvalue weighted by Crippen LogP contribution is 2.29. The Bertz CT molecular complexity index is 663. The van der Waals surface area contributed by atoms with Gasteiger partial charge in [-0.25, -0.2) is 9.78 Å². The number of hydrogen-bond donors (Lipinski definition) is 3. The zero-order valence-corrected chi connectivity index (χ0v) is 12.7. The third kappa shape index (κ3) is 2.91. The van der Waals surface area contributed by atoms with Crippen molar-refractivity contribution in [2.75, 3.05) is 11.1 Å². The van der Waals surface area contributed by atoms with E-state index >= 15 is 0 Å². The van der Waals surface area contributed by atoms with Crippen molar-refractivity contribution in [1.29, 1.82) is 0 Å². The van der Waals surface area contributed by atoms with E-state index in [1.807, 2.05) is 26.0 Å². The van der Waals surface area contributed by atoms with Gasteiger partial charge in [-0.05, 0) is 49.2 Å². The maximum atomic E-state index is 11.0. The molecule has 4 N–H and O–H groups in total. The second kappa shape index (κ2) is 5.50. The third-order valence-electron chi connectivity index (χ3n) is 2.89. The standard InChI is InChI=1S/C14H14BrN3O2/c1-7-5-9(15)6-8(2)12(7)18-13-10(16)3-4-11(17-13)14(19)20/h3-6H,16H2,1-2H3,(H,17,18)(H,19,20). The van der Waals surface area contributed by atoms with Gasteiger partial charge in [0.15, 0.2) is 11.5 Å². The Kier molecular flexibility index (Phi) is 3.94. The molecule has 2 aromatic rings. The zero-order valence-electron chi connectivity index (χ0n) is 11.1. The number of rotatable bonds is 3. The van der Waals surface area contributed by atoms with Crippen molar-refractivity contribution in [2.45, 2.75) is 13.8 Å². The molecule has 0 saturated heterocycles. The van der Waals surface area contributed by atoms with Crippen molar-refractivity contribution in [3.05, 3.63) is 45.6 Å². The molecule has 0 bridgehead atoms. The summed E-state index contributed by atoms with van der Waals surface area (Å²) >= 11 is 3.43. The minimum Gasteiger partial charge on any atom is -0.477 e. The molecule has 20 heavy (non-hydrogen) atoms. The van der Waals surface area contributed by atoms with Crippen LogP contribution in [0.2, 0.25) is 0 Å². The number of anilines is 3. The van der Waals surface area contributed by atoms with Gasteiger partial charge < -0.3 is 16.2 Å². The number of halogens is 1. The summed E-state index contributed by atoms with van der Waals surface area (Å²) < 4.78 is 0.985. The van der Waals surface area contributed by atoms with Crippen LogP contribution in [-0.4, -0.2) is 16.1 Å². The summed E-state index contributed by atoms with van der Waals surface area (Å²) in [4.78, 5) is 15.0. The summed E-state index contributed by atoms with van der Waals surface area (Å²) in [6, 6.07) is 6.84. The number of aryl methyl sites for hydroxylation is 2. The van der Waals surface area contributed by atoms with E-state index in [-0.39, 0.29) is 5.69 Å². The minimum absolute atomic E-state index is 0.0471. The molecule has 104 valence electrons. The Balaban J connectivity index is 2.45. The first-order valence-corrected chi connectivity index (χ1v) is 6.71. The average molecular weight is 336 g/mol. The number of nitrogen functional groups attached to an aromatic ring is 1. The molecular weight excluding hydrogens is 322 g/mol. The lowest BCUT2D eigenvalue weighted by Crippen LogP contribution is -2.07. The Labute approximate surface area is 125 Å². The van der Waals surface area contributed by atoms with Crippen molar-refractivity contribution in [1.82, 2.24) is 4.98 Å².